The van der Waals surface area contributed by atoms with Gasteiger partial charge in [0, 0.05) is 12.6 Å². The molecule has 19 heavy (non-hydrogen) atoms. The number of rotatable bonds is 9. The lowest BCUT2D eigenvalue weighted by molar-refractivity contribution is 0.0690. The van der Waals surface area contributed by atoms with Crippen molar-refractivity contribution < 1.29 is 9.90 Å². The molecule has 0 saturated carbocycles. The SMILES string of the molecule is CCCCCCC(C)NCc1cccc(C(=O)O)n1. The Morgan fingerprint density at radius 1 is 1.37 bits per heavy atom. The van der Waals surface area contributed by atoms with Gasteiger partial charge in [-0.1, -0.05) is 38.7 Å². The van der Waals surface area contributed by atoms with Gasteiger partial charge in [0.05, 0.1) is 5.69 Å². The van der Waals surface area contributed by atoms with Crippen LogP contribution in [0.25, 0.3) is 0 Å². The van der Waals surface area contributed by atoms with Crippen LogP contribution in [0.3, 0.4) is 0 Å². The van der Waals surface area contributed by atoms with Gasteiger partial charge in [-0.3, -0.25) is 0 Å². The molecule has 0 aliphatic heterocycles. The molecule has 0 aromatic carbocycles. The molecule has 1 heterocycles. The minimum atomic E-state index is -0.977. The first-order valence-electron chi connectivity index (χ1n) is 7.06. The maximum absolute atomic E-state index is 10.8. The lowest BCUT2D eigenvalue weighted by Crippen LogP contribution is -2.26. The van der Waals surface area contributed by atoms with Crippen molar-refractivity contribution in [3.8, 4) is 0 Å². The molecule has 0 saturated heterocycles. The number of carboxylic acids is 1. The standard InChI is InChI=1S/C15H24N2O2/c1-3-4-5-6-8-12(2)16-11-13-9-7-10-14(17-13)15(18)19/h7,9-10,12,16H,3-6,8,11H2,1-2H3,(H,18,19). The summed E-state index contributed by atoms with van der Waals surface area (Å²) in [6.07, 6.45) is 6.24. The second-order valence-electron chi connectivity index (χ2n) is 4.95. The third-order valence-corrected chi connectivity index (χ3v) is 3.15. The van der Waals surface area contributed by atoms with Gasteiger partial charge in [-0.2, -0.15) is 0 Å². The van der Waals surface area contributed by atoms with Gasteiger partial charge in [0.2, 0.25) is 0 Å². The molecule has 1 unspecified atom stereocenters. The van der Waals surface area contributed by atoms with E-state index in [-0.39, 0.29) is 5.69 Å². The zero-order chi connectivity index (χ0) is 14.1. The predicted octanol–water partition coefficient (Wildman–Crippen LogP) is 3.23. The lowest BCUT2D eigenvalue weighted by atomic mass is 10.1. The maximum Gasteiger partial charge on any atom is 0.354 e. The molecule has 4 nitrogen and oxygen atoms in total. The van der Waals surface area contributed by atoms with E-state index in [0.29, 0.717) is 12.6 Å². The van der Waals surface area contributed by atoms with E-state index >= 15 is 0 Å². The van der Waals surface area contributed by atoms with E-state index in [2.05, 4.69) is 24.1 Å². The number of nitrogens with zero attached hydrogens (tertiary/aromatic N) is 1. The average Bonchev–Trinajstić information content (AvgIpc) is 2.41. The Bertz CT molecular complexity index is 393. The van der Waals surface area contributed by atoms with Crippen LogP contribution in [0, 0.1) is 0 Å². The number of carboxylic acid groups (broad SMARTS) is 1. The van der Waals surface area contributed by atoms with Gasteiger partial charge in [-0.15, -0.1) is 0 Å². The minimum absolute atomic E-state index is 0.106. The molecule has 1 rings (SSSR count). The van der Waals surface area contributed by atoms with Crippen molar-refractivity contribution >= 4 is 5.97 Å². The number of pyridine rings is 1. The summed E-state index contributed by atoms with van der Waals surface area (Å²) in [4.78, 5) is 14.9. The van der Waals surface area contributed by atoms with Crippen LogP contribution in [0.1, 0.15) is 62.1 Å². The van der Waals surface area contributed by atoms with Crippen LogP contribution in [0.2, 0.25) is 0 Å². The Kier molecular flexibility index (Phi) is 7.11. The van der Waals surface area contributed by atoms with Crippen LogP contribution in [0.4, 0.5) is 0 Å². The number of aromatic nitrogens is 1. The third-order valence-electron chi connectivity index (χ3n) is 3.15. The first kappa shape index (κ1) is 15.6. The number of carbonyl (C=O) groups is 1. The van der Waals surface area contributed by atoms with E-state index in [4.69, 9.17) is 5.11 Å². The molecule has 106 valence electrons. The number of unbranched alkanes of at least 4 members (excludes halogenated alkanes) is 3. The van der Waals surface area contributed by atoms with Crippen molar-refractivity contribution in [2.45, 2.75) is 58.5 Å². The van der Waals surface area contributed by atoms with E-state index in [1.807, 2.05) is 6.07 Å². The highest BCUT2D eigenvalue weighted by Gasteiger charge is 2.06. The minimum Gasteiger partial charge on any atom is -0.477 e. The summed E-state index contributed by atoms with van der Waals surface area (Å²) in [6, 6.07) is 5.54. The zero-order valence-corrected chi connectivity index (χ0v) is 11.9. The molecule has 0 radical (unpaired) electrons. The number of nitrogens with one attached hydrogen (secondary N) is 1. The maximum atomic E-state index is 10.8. The molecule has 2 N–H and O–H groups in total. The van der Waals surface area contributed by atoms with Crippen molar-refractivity contribution in [3.05, 3.63) is 29.6 Å². The molecule has 0 aliphatic rings. The second-order valence-corrected chi connectivity index (χ2v) is 4.95. The van der Waals surface area contributed by atoms with Gasteiger partial charge < -0.3 is 10.4 Å². The molecule has 1 atom stereocenters. The van der Waals surface area contributed by atoms with Gasteiger partial charge >= 0.3 is 5.97 Å². The first-order valence-corrected chi connectivity index (χ1v) is 7.06. The molecular formula is C15H24N2O2. The Balaban J connectivity index is 2.31. The number of hydrogen-bond donors (Lipinski definition) is 2. The molecule has 0 fully saturated rings. The quantitative estimate of drug-likeness (QED) is 0.672. The number of hydrogen-bond acceptors (Lipinski definition) is 3. The van der Waals surface area contributed by atoms with Crippen LogP contribution >= 0.6 is 0 Å². The van der Waals surface area contributed by atoms with Crippen molar-refractivity contribution in [2.24, 2.45) is 0 Å². The fourth-order valence-electron chi connectivity index (χ4n) is 1.96. The number of aromatic carboxylic acids is 1. The highest BCUT2D eigenvalue weighted by Crippen LogP contribution is 2.06. The largest absolute Gasteiger partial charge is 0.477 e. The van der Waals surface area contributed by atoms with Crippen LogP contribution in [0.5, 0.6) is 0 Å². The molecular weight excluding hydrogens is 240 g/mol. The van der Waals surface area contributed by atoms with E-state index in [1.165, 1.54) is 31.7 Å². The van der Waals surface area contributed by atoms with E-state index in [0.717, 1.165) is 12.1 Å². The van der Waals surface area contributed by atoms with Crippen molar-refractivity contribution in [1.82, 2.24) is 10.3 Å². The smallest absolute Gasteiger partial charge is 0.354 e. The van der Waals surface area contributed by atoms with Gasteiger partial charge in [0.1, 0.15) is 5.69 Å². The normalized spacial score (nSPS) is 12.3. The highest BCUT2D eigenvalue weighted by molar-refractivity contribution is 5.85. The molecule has 1 aromatic heterocycles. The second kappa shape index (κ2) is 8.64. The van der Waals surface area contributed by atoms with Crippen molar-refractivity contribution in [1.29, 1.82) is 0 Å². The summed E-state index contributed by atoms with van der Waals surface area (Å²) >= 11 is 0. The van der Waals surface area contributed by atoms with Gasteiger partial charge in [0.25, 0.3) is 0 Å². The van der Waals surface area contributed by atoms with Gasteiger partial charge in [-0.05, 0) is 25.5 Å². The zero-order valence-electron chi connectivity index (χ0n) is 11.9. The van der Waals surface area contributed by atoms with E-state index in [1.54, 1.807) is 6.07 Å². The molecule has 0 bridgehead atoms. The summed E-state index contributed by atoms with van der Waals surface area (Å²) in [5.74, 6) is -0.977. The highest BCUT2D eigenvalue weighted by atomic mass is 16.4. The molecule has 1 aromatic rings. The average molecular weight is 264 g/mol. The Labute approximate surface area is 115 Å². The van der Waals surface area contributed by atoms with E-state index < -0.39 is 5.97 Å². The van der Waals surface area contributed by atoms with Gasteiger partial charge in [0.15, 0.2) is 0 Å². The summed E-state index contributed by atoms with van der Waals surface area (Å²) in [6.45, 7) is 4.99. The van der Waals surface area contributed by atoms with Crippen molar-refractivity contribution in [3.63, 3.8) is 0 Å². The summed E-state index contributed by atoms with van der Waals surface area (Å²) in [5, 5.41) is 12.3. The van der Waals surface area contributed by atoms with Crippen LogP contribution in [-0.4, -0.2) is 22.1 Å². The predicted molar refractivity (Wildman–Crippen MR) is 76.3 cm³/mol. The van der Waals surface area contributed by atoms with Gasteiger partial charge in [-0.25, -0.2) is 9.78 Å². The van der Waals surface area contributed by atoms with Crippen molar-refractivity contribution in [2.75, 3.05) is 0 Å². The van der Waals surface area contributed by atoms with Crippen LogP contribution < -0.4 is 5.32 Å². The summed E-state index contributed by atoms with van der Waals surface area (Å²) < 4.78 is 0. The topological polar surface area (TPSA) is 62.2 Å². The third kappa shape index (κ3) is 6.34. The summed E-state index contributed by atoms with van der Waals surface area (Å²) in [5.41, 5.74) is 0.884. The molecule has 0 spiro atoms. The van der Waals surface area contributed by atoms with Crippen LogP contribution in [-0.2, 0) is 6.54 Å². The van der Waals surface area contributed by atoms with Crippen LogP contribution in [0.15, 0.2) is 18.2 Å². The fraction of sp³-hybridized carbons (Fsp3) is 0.600. The fourth-order valence-corrected chi connectivity index (χ4v) is 1.96. The first-order chi connectivity index (χ1) is 9.13. The monoisotopic (exact) mass is 264 g/mol. The Morgan fingerprint density at radius 3 is 2.84 bits per heavy atom. The molecule has 0 aliphatic carbocycles. The lowest BCUT2D eigenvalue weighted by Gasteiger charge is -2.13. The summed E-state index contributed by atoms with van der Waals surface area (Å²) in [7, 11) is 0. The Morgan fingerprint density at radius 2 is 2.16 bits per heavy atom. The van der Waals surface area contributed by atoms with E-state index in [9.17, 15) is 4.79 Å². The molecule has 4 heteroatoms. The Hall–Kier alpha value is -1.42. The molecule has 0 amide bonds.